The van der Waals surface area contributed by atoms with E-state index in [-0.39, 0.29) is 17.9 Å². The second kappa shape index (κ2) is 6.30. The quantitative estimate of drug-likeness (QED) is 0.323. The number of hydrogen-bond donors (Lipinski definition) is 3. The number of hydroxylamine groups is 2. The second-order valence-electron chi connectivity index (χ2n) is 2.61. The molecule has 2 amide bonds. The Hall–Kier alpha value is -2.22. The summed E-state index contributed by atoms with van der Waals surface area (Å²) < 4.78 is 0. The van der Waals surface area contributed by atoms with Gasteiger partial charge in [0.15, 0.2) is 0 Å². The van der Waals surface area contributed by atoms with Crippen LogP contribution in [0.4, 0.5) is 0 Å². The van der Waals surface area contributed by atoms with Crippen molar-refractivity contribution >= 4 is 23.8 Å². The molecule has 1 aliphatic heterocycles. The van der Waals surface area contributed by atoms with Gasteiger partial charge in [0.05, 0.1) is 0 Å². The topological polar surface area (TPSA) is 132 Å². The van der Waals surface area contributed by atoms with Gasteiger partial charge in [-0.25, -0.2) is 9.59 Å². The van der Waals surface area contributed by atoms with Crippen LogP contribution in [-0.4, -0.2) is 44.2 Å². The monoisotopic (exact) mass is 231 g/mol. The van der Waals surface area contributed by atoms with Crippen LogP contribution in [0.2, 0.25) is 0 Å². The largest absolute Gasteiger partial charge is 0.478 e. The summed E-state index contributed by atoms with van der Waals surface area (Å²) in [4.78, 5) is 39.6. The van der Waals surface area contributed by atoms with E-state index in [1.807, 2.05) is 0 Å². The fourth-order valence-electron chi connectivity index (χ4n) is 0.707. The van der Waals surface area contributed by atoms with Crippen LogP contribution >= 0.6 is 0 Å². The van der Waals surface area contributed by atoms with Crippen molar-refractivity contribution in [2.24, 2.45) is 0 Å². The van der Waals surface area contributed by atoms with Gasteiger partial charge in [-0.2, -0.15) is 5.06 Å². The first kappa shape index (κ1) is 13.8. The van der Waals surface area contributed by atoms with Crippen LogP contribution in [0.5, 0.6) is 0 Å². The number of carbonyl (C=O) groups is 4. The minimum Gasteiger partial charge on any atom is -0.478 e. The van der Waals surface area contributed by atoms with Gasteiger partial charge in [0, 0.05) is 25.0 Å². The summed E-state index contributed by atoms with van der Waals surface area (Å²) in [6.07, 6.45) is 1.41. The highest BCUT2D eigenvalue weighted by Gasteiger charge is 2.26. The first-order valence-corrected chi connectivity index (χ1v) is 4.03. The Kier molecular flexibility index (Phi) is 5.42. The number of imide groups is 1. The molecule has 8 nitrogen and oxygen atoms in total. The third-order valence-electron chi connectivity index (χ3n) is 1.39. The van der Waals surface area contributed by atoms with Gasteiger partial charge < -0.3 is 10.2 Å². The number of aliphatic carboxylic acids is 2. The van der Waals surface area contributed by atoms with Crippen LogP contribution in [0.3, 0.4) is 0 Å². The maximum atomic E-state index is 10.2. The summed E-state index contributed by atoms with van der Waals surface area (Å²) in [5.74, 6) is -3.52. The Morgan fingerprint density at radius 3 is 1.44 bits per heavy atom. The molecular weight excluding hydrogens is 222 g/mol. The van der Waals surface area contributed by atoms with Crippen LogP contribution in [0, 0.1) is 0 Å². The van der Waals surface area contributed by atoms with Crippen LogP contribution in [0.15, 0.2) is 12.2 Å². The molecule has 16 heavy (non-hydrogen) atoms. The molecule has 1 aliphatic rings. The van der Waals surface area contributed by atoms with E-state index in [9.17, 15) is 19.2 Å². The Balaban J connectivity index is 0.000000281. The fraction of sp³-hybridized carbons (Fsp3) is 0.250. The highest BCUT2D eigenvalue weighted by molar-refractivity contribution is 6.00. The highest BCUT2D eigenvalue weighted by atomic mass is 16.5. The van der Waals surface area contributed by atoms with E-state index >= 15 is 0 Å². The van der Waals surface area contributed by atoms with Gasteiger partial charge in [0.25, 0.3) is 11.8 Å². The van der Waals surface area contributed by atoms with Gasteiger partial charge in [0.2, 0.25) is 0 Å². The normalized spacial score (nSPS) is 14.9. The van der Waals surface area contributed by atoms with E-state index in [1.165, 1.54) is 0 Å². The van der Waals surface area contributed by atoms with Crippen LogP contribution < -0.4 is 0 Å². The highest BCUT2D eigenvalue weighted by Crippen LogP contribution is 2.06. The molecule has 1 heterocycles. The molecule has 0 unspecified atom stereocenters. The van der Waals surface area contributed by atoms with E-state index in [4.69, 9.17) is 15.4 Å². The van der Waals surface area contributed by atoms with Crippen molar-refractivity contribution in [3.05, 3.63) is 12.2 Å². The molecule has 0 bridgehead atoms. The Labute approximate surface area is 89.3 Å². The zero-order valence-corrected chi connectivity index (χ0v) is 7.99. The summed E-state index contributed by atoms with van der Waals surface area (Å²) in [6.45, 7) is 0. The molecule has 0 atom stereocenters. The van der Waals surface area contributed by atoms with Crippen molar-refractivity contribution in [1.29, 1.82) is 0 Å². The molecule has 0 aromatic heterocycles. The summed E-state index contributed by atoms with van der Waals surface area (Å²) in [7, 11) is 0. The third-order valence-corrected chi connectivity index (χ3v) is 1.39. The predicted molar refractivity (Wildman–Crippen MR) is 47.3 cm³/mol. The number of hydrogen-bond acceptors (Lipinski definition) is 5. The van der Waals surface area contributed by atoms with E-state index in [0.29, 0.717) is 12.2 Å². The summed E-state index contributed by atoms with van der Waals surface area (Å²) in [5.41, 5.74) is 0. The average molecular weight is 231 g/mol. The van der Waals surface area contributed by atoms with E-state index in [1.54, 1.807) is 0 Å². The lowest BCUT2D eigenvalue weighted by molar-refractivity contribution is -0.171. The zero-order chi connectivity index (χ0) is 12.7. The fourth-order valence-corrected chi connectivity index (χ4v) is 0.707. The van der Waals surface area contributed by atoms with Crippen molar-refractivity contribution in [3.63, 3.8) is 0 Å². The van der Waals surface area contributed by atoms with Gasteiger partial charge in [-0.15, -0.1) is 0 Å². The maximum absolute atomic E-state index is 10.2. The SMILES string of the molecule is O=C(O)/C=C/C(=O)O.O=C1CCC(=O)N1O. The summed E-state index contributed by atoms with van der Waals surface area (Å²) >= 11 is 0. The number of carboxylic acids is 2. The van der Waals surface area contributed by atoms with Gasteiger partial charge >= 0.3 is 11.9 Å². The first-order valence-electron chi connectivity index (χ1n) is 4.03. The number of rotatable bonds is 2. The molecule has 3 N–H and O–H groups in total. The number of nitrogens with zero attached hydrogens (tertiary/aromatic N) is 1. The maximum Gasteiger partial charge on any atom is 0.328 e. The number of amides is 2. The smallest absolute Gasteiger partial charge is 0.328 e. The number of carbonyl (C=O) groups excluding carboxylic acids is 2. The molecule has 0 aromatic carbocycles. The molecule has 0 saturated carbocycles. The van der Waals surface area contributed by atoms with Gasteiger partial charge in [-0.05, 0) is 0 Å². The minimum atomic E-state index is -1.26. The van der Waals surface area contributed by atoms with Crippen molar-refractivity contribution in [3.8, 4) is 0 Å². The number of carboxylic acid groups (broad SMARTS) is 2. The lowest BCUT2D eigenvalue weighted by Crippen LogP contribution is -2.24. The molecule has 1 saturated heterocycles. The Bertz CT molecular complexity index is 314. The lowest BCUT2D eigenvalue weighted by atomic mass is 10.4. The Morgan fingerprint density at radius 1 is 1.00 bits per heavy atom. The summed E-state index contributed by atoms with van der Waals surface area (Å²) in [5, 5.41) is 24.2. The molecule has 0 spiro atoms. The standard InChI is InChI=1S/C4H5NO3.C4H4O4/c6-3-1-2-4(7)5(3)8;5-3(6)1-2-4(7)8/h8H,1-2H2;1-2H,(H,5,6)(H,7,8)/b;2-1+. The van der Waals surface area contributed by atoms with Gasteiger partial charge in [-0.1, -0.05) is 0 Å². The van der Waals surface area contributed by atoms with Crippen molar-refractivity contribution in [1.82, 2.24) is 5.06 Å². The van der Waals surface area contributed by atoms with E-state index < -0.39 is 23.8 Å². The minimum absolute atomic E-state index is 0.148. The third kappa shape index (κ3) is 5.50. The summed E-state index contributed by atoms with van der Waals surface area (Å²) in [6, 6.07) is 0. The molecule has 1 rings (SSSR count). The second-order valence-corrected chi connectivity index (χ2v) is 2.61. The molecular formula is C8H9NO7. The lowest BCUT2D eigenvalue weighted by Gasteiger charge is -1.98. The molecule has 0 aromatic rings. The molecule has 0 aliphatic carbocycles. The van der Waals surface area contributed by atoms with E-state index in [0.717, 1.165) is 0 Å². The first-order chi connectivity index (χ1) is 7.34. The van der Waals surface area contributed by atoms with Gasteiger partial charge in [0.1, 0.15) is 0 Å². The molecule has 8 heteroatoms. The molecule has 1 fully saturated rings. The Morgan fingerprint density at radius 2 is 1.31 bits per heavy atom. The zero-order valence-electron chi connectivity index (χ0n) is 7.99. The van der Waals surface area contributed by atoms with Crippen LogP contribution in [0.25, 0.3) is 0 Å². The van der Waals surface area contributed by atoms with Crippen molar-refractivity contribution in [2.45, 2.75) is 12.8 Å². The van der Waals surface area contributed by atoms with Crippen molar-refractivity contribution in [2.75, 3.05) is 0 Å². The predicted octanol–water partition coefficient (Wildman–Crippen LogP) is -0.764. The van der Waals surface area contributed by atoms with Gasteiger partial charge in [-0.3, -0.25) is 14.8 Å². The average Bonchev–Trinajstić information content (AvgIpc) is 2.47. The molecule has 0 radical (unpaired) electrons. The van der Waals surface area contributed by atoms with Crippen LogP contribution in [-0.2, 0) is 19.2 Å². The van der Waals surface area contributed by atoms with E-state index in [2.05, 4.69) is 0 Å². The van der Waals surface area contributed by atoms with Crippen LogP contribution in [0.1, 0.15) is 12.8 Å². The molecule has 88 valence electrons. The van der Waals surface area contributed by atoms with Crippen molar-refractivity contribution < 1.29 is 34.6 Å².